The summed E-state index contributed by atoms with van der Waals surface area (Å²) >= 11 is 6.55. The van der Waals surface area contributed by atoms with E-state index in [0.29, 0.717) is 35.5 Å². The highest BCUT2D eigenvalue weighted by Crippen LogP contribution is 2.51. The molecule has 0 saturated carbocycles. The molecule has 2 aliphatic rings. The van der Waals surface area contributed by atoms with Gasteiger partial charge in [0.25, 0.3) is 5.88 Å². The number of rotatable bonds is 10. The summed E-state index contributed by atoms with van der Waals surface area (Å²) in [6.45, 7) is 8.13. The van der Waals surface area contributed by atoms with Gasteiger partial charge in [0.1, 0.15) is 23.8 Å². The lowest BCUT2D eigenvalue weighted by atomic mass is 9.80. The fourth-order valence-electron chi connectivity index (χ4n) is 4.94. The summed E-state index contributed by atoms with van der Waals surface area (Å²) in [6, 6.07) is 1.33. The highest BCUT2D eigenvalue weighted by atomic mass is 35.5. The molecule has 1 aromatic carbocycles. The second kappa shape index (κ2) is 11.3. The van der Waals surface area contributed by atoms with Crippen molar-refractivity contribution in [3.05, 3.63) is 63.8 Å². The van der Waals surface area contributed by atoms with Crippen LogP contribution in [0, 0.1) is 18.6 Å². The summed E-state index contributed by atoms with van der Waals surface area (Å²) < 4.78 is 48.6. The number of aromatic nitrogens is 1. The second-order valence-corrected chi connectivity index (χ2v) is 10.1. The van der Waals surface area contributed by atoms with Gasteiger partial charge in [-0.3, -0.25) is 0 Å². The summed E-state index contributed by atoms with van der Waals surface area (Å²) in [6.07, 6.45) is 13.1. The molecular formula is C29H34ClF2NO3. The molecule has 1 atom stereocenters. The first-order chi connectivity index (χ1) is 17.3. The Bertz CT molecular complexity index is 1180. The molecule has 1 aliphatic carbocycles. The van der Waals surface area contributed by atoms with Crippen LogP contribution < -0.4 is 9.47 Å². The van der Waals surface area contributed by atoms with Gasteiger partial charge in [0, 0.05) is 35.4 Å². The maximum Gasteiger partial charge on any atom is 0.251 e. The number of ether oxygens (including phenoxy) is 3. The number of unbranched alkanes of at least 4 members (excludes halogenated alkanes) is 1. The molecule has 2 heterocycles. The Kier molecular flexibility index (Phi) is 8.36. The molecular weight excluding hydrogens is 484 g/mol. The van der Waals surface area contributed by atoms with Crippen LogP contribution in [0.25, 0.3) is 11.1 Å². The van der Waals surface area contributed by atoms with Crippen molar-refractivity contribution < 1.29 is 23.0 Å². The van der Waals surface area contributed by atoms with Gasteiger partial charge in [-0.2, -0.15) is 0 Å². The van der Waals surface area contributed by atoms with Gasteiger partial charge < -0.3 is 14.2 Å². The zero-order valence-electron chi connectivity index (χ0n) is 21.4. The molecule has 36 heavy (non-hydrogen) atoms. The van der Waals surface area contributed by atoms with Crippen molar-refractivity contribution in [2.75, 3.05) is 13.2 Å². The van der Waals surface area contributed by atoms with Crippen molar-refractivity contribution in [1.82, 2.24) is 4.98 Å². The Morgan fingerprint density at radius 2 is 2.00 bits per heavy atom. The van der Waals surface area contributed by atoms with Crippen LogP contribution in [0.3, 0.4) is 0 Å². The normalized spacial score (nSPS) is 18.8. The van der Waals surface area contributed by atoms with E-state index in [0.717, 1.165) is 37.7 Å². The molecule has 0 N–H and O–H groups in total. The minimum absolute atomic E-state index is 0.0378. The monoisotopic (exact) mass is 517 g/mol. The van der Waals surface area contributed by atoms with E-state index in [4.69, 9.17) is 25.8 Å². The zero-order valence-corrected chi connectivity index (χ0v) is 22.2. The first-order valence-corrected chi connectivity index (χ1v) is 13.1. The third kappa shape index (κ3) is 5.30. The second-order valence-electron chi connectivity index (χ2n) is 9.74. The van der Waals surface area contributed by atoms with E-state index < -0.39 is 17.2 Å². The zero-order chi connectivity index (χ0) is 25.9. The average Bonchev–Trinajstić information content (AvgIpc) is 3.23. The van der Waals surface area contributed by atoms with Crippen LogP contribution in [0.4, 0.5) is 8.78 Å². The fourth-order valence-corrected chi connectivity index (χ4v) is 5.21. The molecule has 1 aliphatic heterocycles. The van der Waals surface area contributed by atoms with Gasteiger partial charge >= 0.3 is 0 Å². The summed E-state index contributed by atoms with van der Waals surface area (Å²) in [7, 11) is 0. The molecule has 1 aromatic heterocycles. The van der Waals surface area contributed by atoms with Crippen LogP contribution in [0.2, 0.25) is 5.02 Å². The molecule has 0 spiro atoms. The van der Waals surface area contributed by atoms with Gasteiger partial charge in [0.2, 0.25) is 0 Å². The smallest absolute Gasteiger partial charge is 0.251 e. The lowest BCUT2D eigenvalue weighted by Crippen LogP contribution is -2.36. The number of allylic oxidation sites excluding steroid dienone is 2. The maximum atomic E-state index is 15.9. The number of pyridine rings is 1. The predicted molar refractivity (Wildman–Crippen MR) is 139 cm³/mol. The quantitative estimate of drug-likeness (QED) is 0.300. The lowest BCUT2D eigenvalue weighted by molar-refractivity contribution is 0.0533. The highest BCUT2D eigenvalue weighted by molar-refractivity contribution is 6.34. The van der Waals surface area contributed by atoms with Crippen molar-refractivity contribution >= 4 is 11.6 Å². The van der Waals surface area contributed by atoms with Gasteiger partial charge in [0.05, 0.1) is 17.7 Å². The molecule has 0 amide bonds. The molecule has 0 radical (unpaired) electrons. The van der Waals surface area contributed by atoms with Crippen molar-refractivity contribution in [2.45, 2.75) is 77.9 Å². The van der Waals surface area contributed by atoms with Gasteiger partial charge in [-0.1, -0.05) is 43.2 Å². The van der Waals surface area contributed by atoms with Crippen LogP contribution in [-0.4, -0.2) is 29.9 Å². The lowest BCUT2D eigenvalue weighted by Gasteiger charge is -2.31. The Labute approximate surface area is 217 Å². The minimum Gasteiger partial charge on any atom is -0.482 e. The Morgan fingerprint density at radius 3 is 2.69 bits per heavy atom. The third-order valence-corrected chi connectivity index (χ3v) is 7.08. The number of fused-ring (bicyclic) bond motifs is 1. The fraction of sp³-hybridized carbons (Fsp3) is 0.483. The summed E-state index contributed by atoms with van der Waals surface area (Å²) in [5.41, 5.74) is 2.20. The van der Waals surface area contributed by atoms with E-state index in [1.165, 1.54) is 12.3 Å². The Hall–Kier alpha value is -2.44. The van der Waals surface area contributed by atoms with Gasteiger partial charge in [-0.15, -0.1) is 0 Å². The number of benzene rings is 1. The molecule has 0 saturated heterocycles. The number of hydrogen-bond acceptors (Lipinski definition) is 4. The molecule has 1 unspecified atom stereocenters. The van der Waals surface area contributed by atoms with Gasteiger partial charge in [-0.25, -0.2) is 13.8 Å². The van der Waals surface area contributed by atoms with Crippen LogP contribution in [-0.2, 0) is 11.2 Å². The SMILES string of the molecule is CCCCC1(C2=CCCC=C2)Cc2c(cc(F)c(Cl)c2-c2c(C)cnc(OCCOC(C)C)c2F)O1. The predicted octanol–water partition coefficient (Wildman–Crippen LogP) is 7.93. The summed E-state index contributed by atoms with van der Waals surface area (Å²) in [5, 5.41) is -0.126. The molecule has 0 bridgehead atoms. The average molecular weight is 518 g/mol. The number of nitrogens with zero attached hydrogens (tertiary/aromatic N) is 1. The summed E-state index contributed by atoms with van der Waals surface area (Å²) in [4.78, 5) is 4.13. The highest BCUT2D eigenvalue weighted by Gasteiger charge is 2.44. The van der Waals surface area contributed by atoms with Crippen molar-refractivity contribution in [3.8, 4) is 22.8 Å². The summed E-state index contributed by atoms with van der Waals surface area (Å²) in [5.74, 6) is -1.07. The van der Waals surface area contributed by atoms with Crippen LogP contribution in [0.1, 0.15) is 64.0 Å². The van der Waals surface area contributed by atoms with Crippen LogP contribution in [0.15, 0.2) is 36.1 Å². The number of hydrogen-bond donors (Lipinski definition) is 0. The van der Waals surface area contributed by atoms with E-state index in [2.05, 4.69) is 30.1 Å². The standard InChI is InChI=1S/C29H34ClF2NO3/c1-5-6-12-29(20-10-8-7-9-11-20)16-21-23(36-29)15-22(31)26(30)25(21)24-19(4)17-33-28(27(24)32)35-14-13-34-18(2)3/h8,10-11,15,17-18H,5-7,9,12-14,16H2,1-4H3. The van der Waals surface area contributed by atoms with E-state index in [1.807, 2.05) is 13.8 Å². The van der Waals surface area contributed by atoms with Gasteiger partial charge in [0.15, 0.2) is 5.82 Å². The van der Waals surface area contributed by atoms with E-state index in [-0.39, 0.29) is 29.2 Å². The Morgan fingerprint density at radius 1 is 1.19 bits per heavy atom. The number of aryl methyl sites for hydroxylation is 1. The molecule has 4 nitrogen and oxygen atoms in total. The molecule has 7 heteroatoms. The van der Waals surface area contributed by atoms with Crippen molar-refractivity contribution in [1.29, 1.82) is 0 Å². The van der Waals surface area contributed by atoms with E-state index in [1.54, 1.807) is 6.92 Å². The maximum absolute atomic E-state index is 15.9. The first kappa shape index (κ1) is 26.6. The first-order valence-electron chi connectivity index (χ1n) is 12.7. The molecule has 4 rings (SSSR count). The minimum atomic E-state index is -0.669. The van der Waals surface area contributed by atoms with Crippen molar-refractivity contribution in [3.63, 3.8) is 0 Å². The topological polar surface area (TPSA) is 40.6 Å². The van der Waals surface area contributed by atoms with Crippen molar-refractivity contribution in [2.24, 2.45) is 0 Å². The molecule has 2 aromatic rings. The Balaban J connectivity index is 1.77. The van der Waals surface area contributed by atoms with Crippen LogP contribution in [0.5, 0.6) is 11.6 Å². The molecule has 194 valence electrons. The van der Waals surface area contributed by atoms with E-state index in [9.17, 15) is 0 Å². The molecule has 0 fully saturated rings. The number of halogens is 3. The van der Waals surface area contributed by atoms with Gasteiger partial charge in [-0.05, 0) is 57.6 Å². The van der Waals surface area contributed by atoms with Crippen LogP contribution >= 0.6 is 11.6 Å². The third-order valence-electron chi connectivity index (χ3n) is 6.71. The largest absolute Gasteiger partial charge is 0.482 e. The van der Waals surface area contributed by atoms with E-state index >= 15 is 8.78 Å².